The van der Waals surface area contributed by atoms with Crippen LogP contribution in [-0.4, -0.2) is 6.17 Å². The van der Waals surface area contributed by atoms with Crippen LogP contribution in [0.15, 0.2) is 11.9 Å². The minimum absolute atomic E-state index is 0.288. The van der Waals surface area contributed by atoms with Gasteiger partial charge in [-0.2, -0.15) is 0 Å². The van der Waals surface area contributed by atoms with Crippen molar-refractivity contribution in [3.63, 3.8) is 0 Å². The van der Waals surface area contributed by atoms with E-state index in [1.807, 2.05) is 0 Å². The van der Waals surface area contributed by atoms with Crippen LogP contribution in [0, 0.1) is 0 Å². The highest BCUT2D eigenvalue weighted by Crippen LogP contribution is 2.20. The molecular formula is C6H8F2. The van der Waals surface area contributed by atoms with Crippen molar-refractivity contribution in [2.24, 2.45) is 0 Å². The smallest absolute Gasteiger partial charge is 0.121 e. The maximum absolute atomic E-state index is 12.1. The molecule has 0 amide bonds. The summed E-state index contributed by atoms with van der Waals surface area (Å²) in [5.74, 6) is -0.288. The first kappa shape index (κ1) is 5.73. The molecule has 0 saturated carbocycles. The molecule has 0 bridgehead atoms. The lowest BCUT2D eigenvalue weighted by Crippen LogP contribution is -2.01. The Hall–Kier alpha value is -0.400. The third-order valence-electron chi connectivity index (χ3n) is 1.26. The third kappa shape index (κ3) is 1.29. The molecule has 0 radical (unpaired) electrons. The molecule has 1 rings (SSSR count). The molecule has 1 unspecified atom stereocenters. The Morgan fingerprint density at radius 1 is 1.62 bits per heavy atom. The van der Waals surface area contributed by atoms with Gasteiger partial charge < -0.3 is 0 Å². The number of halogens is 2. The van der Waals surface area contributed by atoms with Crippen molar-refractivity contribution in [3.05, 3.63) is 11.9 Å². The van der Waals surface area contributed by atoms with Gasteiger partial charge in [0.15, 0.2) is 0 Å². The Bertz CT molecular complexity index is 107. The Labute approximate surface area is 47.2 Å². The SMILES string of the molecule is FC1=CC(F)CCC1. The molecule has 0 spiro atoms. The van der Waals surface area contributed by atoms with E-state index in [9.17, 15) is 8.78 Å². The number of alkyl halides is 1. The zero-order chi connectivity index (χ0) is 5.98. The summed E-state index contributed by atoms with van der Waals surface area (Å²) in [6.45, 7) is 0. The van der Waals surface area contributed by atoms with Crippen molar-refractivity contribution >= 4 is 0 Å². The summed E-state index contributed by atoms with van der Waals surface area (Å²) < 4.78 is 24.2. The van der Waals surface area contributed by atoms with Crippen LogP contribution in [0.1, 0.15) is 19.3 Å². The molecular weight excluding hydrogens is 110 g/mol. The summed E-state index contributed by atoms with van der Waals surface area (Å²) >= 11 is 0. The topological polar surface area (TPSA) is 0 Å². The maximum Gasteiger partial charge on any atom is 0.121 e. The highest BCUT2D eigenvalue weighted by atomic mass is 19.1. The Morgan fingerprint density at radius 2 is 2.38 bits per heavy atom. The van der Waals surface area contributed by atoms with Gasteiger partial charge in [0, 0.05) is 0 Å². The van der Waals surface area contributed by atoms with E-state index in [1.54, 1.807) is 0 Å². The first-order chi connectivity index (χ1) is 3.79. The molecule has 1 aliphatic rings. The Morgan fingerprint density at radius 3 is 2.75 bits per heavy atom. The molecule has 46 valence electrons. The summed E-state index contributed by atoms with van der Waals surface area (Å²) in [7, 11) is 0. The molecule has 0 heterocycles. The van der Waals surface area contributed by atoms with Crippen LogP contribution in [0.4, 0.5) is 8.78 Å². The van der Waals surface area contributed by atoms with E-state index < -0.39 is 6.17 Å². The first-order valence-electron chi connectivity index (χ1n) is 2.79. The zero-order valence-electron chi connectivity index (χ0n) is 4.53. The van der Waals surface area contributed by atoms with Crippen LogP contribution < -0.4 is 0 Å². The lowest BCUT2D eigenvalue weighted by molar-refractivity contribution is 0.340. The van der Waals surface area contributed by atoms with Crippen LogP contribution in [0.3, 0.4) is 0 Å². The minimum Gasteiger partial charge on any atom is -0.243 e. The van der Waals surface area contributed by atoms with Crippen molar-refractivity contribution in [1.82, 2.24) is 0 Å². The largest absolute Gasteiger partial charge is 0.243 e. The molecule has 0 fully saturated rings. The quantitative estimate of drug-likeness (QED) is 0.458. The highest BCUT2D eigenvalue weighted by Gasteiger charge is 2.10. The second-order valence-electron chi connectivity index (χ2n) is 2.02. The molecule has 0 N–H and O–H groups in total. The lowest BCUT2D eigenvalue weighted by atomic mass is 10.1. The normalized spacial score (nSPS) is 29.8. The summed E-state index contributed by atoms with van der Waals surface area (Å²) in [4.78, 5) is 0. The molecule has 0 aromatic carbocycles. The van der Waals surface area contributed by atoms with Crippen molar-refractivity contribution in [2.75, 3.05) is 0 Å². The van der Waals surface area contributed by atoms with E-state index >= 15 is 0 Å². The summed E-state index contributed by atoms with van der Waals surface area (Å²) in [6.07, 6.45) is 1.62. The van der Waals surface area contributed by atoms with Crippen molar-refractivity contribution in [2.45, 2.75) is 25.4 Å². The molecule has 2 heteroatoms. The fraction of sp³-hybridized carbons (Fsp3) is 0.667. The van der Waals surface area contributed by atoms with Crippen molar-refractivity contribution in [1.29, 1.82) is 0 Å². The second kappa shape index (κ2) is 2.25. The Kier molecular flexibility index (Phi) is 1.61. The summed E-state index contributed by atoms with van der Waals surface area (Å²) in [5.41, 5.74) is 0. The van der Waals surface area contributed by atoms with Crippen LogP contribution in [0.25, 0.3) is 0 Å². The van der Waals surface area contributed by atoms with E-state index in [0.29, 0.717) is 19.3 Å². The molecule has 0 nitrogen and oxygen atoms in total. The van der Waals surface area contributed by atoms with E-state index in [2.05, 4.69) is 0 Å². The van der Waals surface area contributed by atoms with Crippen LogP contribution in [-0.2, 0) is 0 Å². The number of hydrogen-bond donors (Lipinski definition) is 0. The van der Waals surface area contributed by atoms with E-state index in [-0.39, 0.29) is 5.83 Å². The Balaban J connectivity index is 2.50. The van der Waals surface area contributed by atoms with E-state index in [1.165, 1.54) is 0 Å². The predicted molar refractivity (Wildman–Crippen MR) is 27.9 cm³/mol. The molecule has 1 atom stereocenters. The number of allylic oxidation sites excluding steroid dienone is 2. The fourth-order valence-corrected chi connectivity index (χ4v) is 0.829. The monoisotopic (exact) mass is 118 g/mol. The molecule has 0 aliphatic heterocycles. The van der Waals surface area contributed by atoms with Gasteiger partial charge in [0.05, 0.1) is 5.83 Å². The van der Waals surface area contributed by atoms with Gasteiger partial charge in [-0.15, -0.1) is 0 Å². The standard InChI is InChI=1S/C6H8F2/c7-5-2-1-3-6(8)4-5/h4-5H,1-3H2. The van der Waals surface area contributed by atoms with Gasteiger partial charge >= 0.3 is 0 Å². The lowest BCUT2D eigenvalue weighted by Gasteiger charge is -2.07. The van der Waals surface area contributed by atoms with Crippen molar-refractivity contribution in [3.8, 4) is 0 Å². The van der Waals surface area contributed by atoms with Crippen LogP contribution in [0.2, 0.25) is 0 Å². The zero-order valence-corrected chi connectivity index (χ0v) is 4.53. The van der Waals surface area contributed by atoms with Gasteiger partial charge in [-0.1, -0.05) is 0 Å². The molecule has 0 aromatic heterocycles. The highest BCUT2D eigenvalue weighted by molar-refractivity contribution is 5.00. The van der Waals surface area contributed by atoms with Crippen LogP contribution in [0.5, 0.6) is 0 Å². The summed E-state index contributed by atoms with van der Waals surface area (Å²) in [6, 6.07) is 0. The second-order valence-corrected chi connectivity index (χ2v) is 2.02. The van der Waals surface area contributed by atoms with Gasteiger partial charge in [0.2, 0.25) is 0 Å². The van der Waals surface area contributed by atoms with E-state index in [4.69, 9.17) is 0 Å². The van der Waals surface area contributed by atoms with Gasteiger partial charge in [-0.25, -0.2) is 8.78 Å². The molecule has 0 saturated heterocycles. The summed E-state index contributed by atoms with van der Waals surface area (Å²) in [5, 5.41) is 0. The molecule has 8 heavy (non-hydrogen) atoms. The number of rotatable bonds is 0. The van der Waals surface area contributed by atoms with E-state index in [0.717, 1.165) is 6.08 Å². The average molecular weight is 118 g/mol. The maximum atomic E-state index is 12.1. The van der Waals surface area contributed by atoms with Gasteiger partial charge in [0.25, 0.3) is 0 Å². The van der Waals surface area contributed by atoms with Crippen LogP contribution >= 0.6 is 0 Å². The molecule has 1 aliphatic carbocycles. The number of hydrogen-bond acceptors (Lipinski definition) is 0. The minimum atomic E-state index is -1.02. The third-order valence-corrected chi connectivity index (χ3v) is 1.26. The van der Waals surface area contributed by atoms with Gasteiger partial charge in [-0.05, 0) is 25.3 Å². The van der Waals surface area contributed by atoms with Gasteiger partial charge in [0.1, 0.15) is 6.17 Å². The predicted octanol–water partition coefficient (Wildman–Crippen LogP) is 2.36. The average Bonchev–Trinajstić information content (AvgIpc) is 1.64. The van der Waals surface area contributed by atoms with Crippen molar-refractivity contribution < 1.29 is 8.78 Å². The fourth-order valence-electron chi connectivity index (χ4n) is 0.829. The molecule has 0 aromatic rings. The first-order valence-corrected chi connectivity index (χ1v) is 2.79. The van der Waals surface area contributed by atoms with Gasteiger partial charge in [-0.3, -0.25) is 0 Å².